The summed E-state index contributed by atoms with van der Waals surface area (Å²) < 4.78 is 16.4. The maximum absolute atomic E-state index is 5.97. The first-order valence-corrected chi connectivity index (χ1v) is 7.62. The van der Waals surface area contributed by atoms with E-state index in [-0.39, 0.29) is 5.41 Å². The molecule has 0 aliphatic carbocycles. The summed E-state index contributed by atoms with van der Waals surface area (Å²) in [6.45, 7) is 4.77. The van der Waals surface area contributed by atoms with E-state index in [4.69, 9.17) is 14.2 Å². The van der Waals surface area contributed by atoms with Gasteiger partial charge in [-0.3, -0.25) is 0 Å². The Hall–Kier alpha value is -2.42. The number of hydrogen-bond donors (Lipinski definition) is 0. The van der Waals surface area contributed by atoms with Crippen LogP contribution in [-0.2, 0) is 16.8 Å². The van der Waals surface area contributed by atoms with Gasteiger partial charge in [-0.1, -0.05) is 50.2 Å². The van der Waals surface area contributed by atoms with Gasteiger partial charge in [0.1, 0.15) is 6.61 Å². The van der Waals surface area contributed by atoms with E-state index >= 15 is 0 Å². The molecule has 0 aliphatic heterocycles. The van der Waals surface area contributed by atoms with Crippen molar-refractivity contribution in [3.8, 4) is 11.5 Å². The fourth-order valence-corrected chi connectivity index (χ4v) is 2.26. The Bertz CT molecular complexity index is 645. The van der Waals surface area contributed by atoms with Crippen LogP contribution in [0.1, 0.15) is 25.0 Å². The molecule has 0 saturated heterocycles. The molecule has 0 aromatic heterocycles. The molecular formula is C20H24O3. The average molecular weight is 312 g/mol. The summed E-state index contributed by atoms with van der Waals surface area (Å²) in [6, 6.07) is 16.1. The topological polar surface area (TPSA) is 27.7 Å². The summed E-state index contributed by atoms with van der Waals surface area (Å²) in [4.78, 5) is 0. The van der Waals surface area contributed by atoms with Crippen molar-refractivity contribution in [2.75, 3.05) is 14.2 Å². The molecule has 0 saturated carbocycles. The lowest BCUT2D eigenvalue weighted by Crippen LogP contribution is -2.14. The lowest BCUT2D eigenvalue weighted by atomic mass is 9.84. The van der Waals surface area contributed by atoms with E-state index in [0.717, 1.165) is 22.6 Å². The molecule has 2 rings (SSSR count). The van der Waals surface area contributed by atoms with Gasteiger partial charge in [0.05, 0.1) is 20.5 Å². The lowest BCUT2D eigenvalue weighted by Gasteiger charge is -2.22. The molecule has 0 unspecified atom stereocenters. The van der Waals surface area contributed by atoms with Crippen LogP contribution in [0.5, 0.6) is 11.5 Å². The molecule has 0 spiro atoms. The second kappa shape index (κ2) is 7.73. The van der Waals surface area contributed by atoms with Crippen LogP contribution in [0.4, 0.5) is 0 Å². The Morgan fingerprint density at radius 1 is 0.957 bits per heavy atom. The smallest absolute Gasteiger partial charge is 0.161 e. The maximum Gasteiger partial charge on any atom is 0.161 e. The summed E-state index contributed by atoms with van der Waals surface area (Å²) in [5.74, 6) is 1.48. The first-order valence-electron chi connectivity index (χ1n) is 7.62. The largest absolute Gasteiger partial charge is 0.505 e. The number of allylic oxidation sites excluding steroid dienone is 1. The molecule has 0 bridgehead atoms. The SMILES string of the molecule is COC=CC(C)(C)c1ccc(OC)c(OCc2ccccc2)c1. The Morgan fingerprint density at radius 3 is 2.35 bits per heavy atom. The van der Waals surface area contributed by atoms with Crippen molar-refractivity contribution in [2.45, 2.75) is 25.9 Å². The molecule has 0 N–H and O–H groups in total. The molecule has 3 nitrogen and oxygen atoms in total. The van der Waals surface area contributed by atoms with Crippen molar-refractivity contribution in [1.29, 1.82) is 0 Å². The molecule has 0 heterocycles. The van der Waals surface area contributed by atoms with Crippen LogP contribution in [-0.4, -0.2) is 14.2 Å². The first kappa shape index (κ1) is 16.9. The summed E-state index contributed by atoms with van der Waals surface area (Å²) in [7, 11) is 3.30. The van der Waals surface area contributed by atoms with E-state index in [1.165, 1.54) is 0 Å². The van der Waals surface area contributed by atoms with Crippen LogP contribution in [0.15, 0.2) is 60.9 Å². The lowest BCUT2D eigenvalue weighted by molar-refractivity contribution is 0.283. The van der Waals surface area contributed by atoms with Gasteiger partial charge in [0.2, 0.25) is 0 Å². The monoisotopic (exact) mass is 312 g/mol. The number of methoxy groups -OCH3 is 2. The Kier molecular flexibility index (Phi) is 5.69. The number of rotatable bonds is 7. The fourth-order valence-electron chi connectivity index (χ4n) is 2.26. The average Bonchev–Trinajstić information content (AvgIpc) is 2.58. The zero-order valence-corrected chi connectivity index (χ0v) is 14.2. The van der Waals surface area contributed by atoms with Gasteiger partial charge in [-0.15, -0.1) is 0 Å². The zero-order chi connectivity index (χ0) is 16.7. The summed E-state index contributed by atoms with van der Waals surface area (Å²) in [5, 5.41) is 0. The second-order valence-electron chi connectivity index (χ2n) is 5.90. The van der Waals surface area contributed by atoms with E-state index < -0.39 is 0 Å². The quantitative estimate of drug-likeness (QED) is 0.693. The maximum atomic E-state index is 5.97. The summed E-state index contributed by atoms with van der Waals surface area (Å²) in [6.07, 6.45) is 3.73. The number of hydrogen-bond acceptors (Lipinski definition) is 3. The minimum atomic E-state index is -0.160. The molecule has 122 valence electrons. The van der Waals surface area contributed by atoms with Crippen molar-refractivity contribution in [1.82, 2.24) is 0 Å². The van der Waals surface area contributed by atoms with Crippen molar-refractivity contribution in [3.63, 3.8) is 0 Å². The van der Waals surface area contributed by atoms with Crippen LogP contribution in [0.25, 0.3) is 0 Å². The molecule has 3 heteroatoms. The molecule has 23 heavy (non-hydrogen) atoms. The predicted molar refractivity (Wildman–Crippen MR) is 92.9 cm³/mol. The Labute approximate surface area is 138 Å². The molecule has 0 fully saturated rings. The van der Waals surface area contributed by atoms with E-state index in [0.29, 0.717) is 6.61 Å². The van der Waals surface area contributed by atoms with Gasteiger partial charge in [-0.2, -0.15) is 0 Å². The van der Waals surface area contributed by atoms with Crippen LogP contribution in [0, 0.1) is 0 Å². The third kappa shape index (κ3) is 4.52. The van der Waals surface area contributed by atoms with E-state index in [1.54, 1.807) is 20.5 Å². The third-order valence-corrected chi connectivity index (χ3v) is 3.77. The van der Waals surface area contributed by atoms with E-state index in [1.807, 2.05) is 54.6 Å². The van der Waals surface area contributed by atoms with Crippen molar-refractivity contribution < 1.29 is 14.2 Å². The second-order valence-corrected chi connectivity index (χ2v) is 5.90. The highest BCUT2D eigenvalue weighted by atomic mass is 16.5. The van der Waals surface area contributed by atoms with Crippen molar-refractivity contribution in [3.05, 3.63) is 72.0 Å². The predicted octanol–water partition coefficient (Wildman–Crippen LogP) is 4.71. The van der Waals surface area contributed by atoms with Gasteiger partial charge in [0.15, 0.2) is 11.5 Å². The minimum Gasteiger partial charge on any atom is -0.505 e. The normalized spacial score (nSPS) is 11.5. The molecule has 0 amide bonds. The first-order chi connectivity index (χ1) is 11.1. The Balaban J connectivity index is 2.23. The van der Waals surface area contributed by atoms with Gasteiger partial charge in [0.25, 0.3) is 0 Å². The highest BCUT2D eigenvalue weighted by molar-refractivity contribution is 5.46. The van der Waals surface area contributed by atoms with E-state index in [9.17, 15) is 0 Å². The summed E-state index contributed by atoms with van der Waals surface area (Å²) >= 11 is 0. The van der Waals surface area contributed by atoms with Crippen LogP contribution >= 0.6 is 0 Å². The van der Waals surface area contributed by atoms with E-state index in [2.05, 4.69) is 13.8 Å². The highest BCUT2D eigenvalue weighted by Gasteiger charge is 2.19. The van der Waals surface area contributed by atoms with Gasteiger partial charge >= 0.3 is 0 Å². The molecule has 0 radical (unpaired) electrons. The van der Waals surface area contributed by atoms with Gasteiger partial charge in [-0.25, -0.2) is 0 Å². The van der Waals surface area contributed by atoms with Crippen LogP contribution in [0.2, 0.25) is 0 Å². The minimum absolute atomic E-state index is 0.160. The fraction of sp³-hybridized carbons (Fsp3) is 0.300. The Morgan fingerprint density at radius 2 is 1.70 bits per heavy atom. The molecular weight excluding hydrogens is 288 g/mol. The molecule has 2 aromatic rings. The highest BCUT2D eigenvalue weighted by Crippen LogP contribution is 2.34. The van der Waals surface area contributed by atoms with Crippen LogP contribution in [0.3, 0.4) is 0 Å². The molecule has 0 aliphatic rings. The number of ether oxygens (including phenoxy) is 3. The van der Waals surface area contributed by atoms with Gasteiger partial charge < -0.3 is 14.2 Å². The van der Waals surface area contributed by atoms with Crippen molar-refractivity contribution in [2.24, 2.45) is 0 Å². The van der Waals surface area contributed by atoms with Crippen molar-refractivity contribution >= 4 is 0 Å². The summed E-state index contributed by atoms with van der Waals surface area (Å²) in [5.41, 5.74) is 2.10. The standard InChI is InChI=1S/C20H24O3/c1-20(2,12-13-21-3)17-10-11-18(22-4)19(14-17)23-15-16-8-6-5-7-9-16/h5-14H,15H2,1-4H3. The van der Waals surface area contributed by atoms with Gasteiger partial charge in [-0.05, 0) is 29.3 Å². The number of benzene rings is 2. The van der Waals surface area contributed by atoms with Gasteiger partial charge in [0, 0.05) is 5.41 Å². The third-order valence-electron chi connectivity index (χ3n) is 3.77. The zero-order valence-electron chi connectivity index (χ0n) is 14.2. The molecule has 0 atom stereocenters. The van der Waals surface area contributed by atoms with Crippen LogP contribution < -0.4 is 9.47 Å². The molecule has 2 aromatic carbocycles.